The molecule has 0 radical (unpaired) electrons. The van der Waals surface area contributed by atoms with Crippen LogP contribution >= 0.6 is 0 Å². The highest BCUT2D eigenvalue weighted by Gasteiger charge is 2.23. The van der Waals surface area contributed by atoms with E-state index in [4.69, 9.17) is 5.11 Å². The first-order valence-electron chi connectivity index (χ1n) is 6.97. The van der Waals surface area contributed by atoms with Crippen LogP contribution in [0.25, 0.3) is 0 Å². The van der Waals surface area contributed by atoms with E-state index in [0.717, 1.165) is 29.7 Å². The number of anilines is 1. The highest BCUT2D eigenvalue weighted by molar-refractivity contribution is 5.89. The lowest BCUT2D eigenvalue weighted by Gasteiger charge is -2.18. The number of hydrogen-bond donors (Lipinski definition) is 3. The number of carboxylic acid groups (broad SMARTS) is 1. The summed E-state index contributed by atoms with van der Waals surface area (Å²) in [4.78, 5) is 11.1. The van der Waals surface area contributed by atoms with Gasteiger partial charge in [-0.1, -0.05) is 12.1 Å². The van der Waals surface area contributed by atoms with Crippen molar-refractivity contribution in [2.24, 2.45) is 0 Å². The summed E-state index contributed by atoms with van der Waals surface area (Å²) in [7, 11) is 0. The van der Waals surface area contributed by atoms with Gasteiger partial charge in [0.05, 0.1) is 11.6 Å². The van der Waals surface area contributed by atoms with Gasteiger partial charge in [0, 0.05) is 5.69 Å². The highest BCUT2D eigenvalue weighted by Crippen LogP contribution is 2.36. The number of carbonyl (C=O) groups is 1. The van der Waals surface area contributed by atoms with Crippen molar-refractivity contribution in [1.29, 1.82) is 0 Å². The fraction of sp³-hybridized carbons (Fsp3) is 0.235. The topological polar surface area (TPSA) is 69.6 Å². The van der Waals surface area contributed by atoms with Gasteiger partial charge in [-0.15, -0.1) is 0 Å². The molecule has 2 aromatic carbocycles. The Morgan fingerprint density at radius 2 is 2.05 bits per heavy atom. The molecule has 0 aromatic heterocycles. The molecule has 0 fully saturated rings. The third-order valence-corrected chi connectivity index (χ3v) is 4.02. The summed E-state index contributed by atoms with van der Waals surface area (Å²) in [5.74, 6) is -0.631. The maximum Gasteiger partial charge on any atom is 0.335 e. The fourth-order valence-electron chi connectivity index (χ4n) is 2.85. The highest BCUT2D eigenvalue weighted by atomic mass is 16.4. The molecule has 3 N–H and O–H groups in total. The second-order valence-corrected chi connectivity index (χ2v) is 5.45. The van der Waals surface area contributed by atoms with Crippen molar-refractivity contribution in [1.82, 2.24) is 0 Å². The Kier molecular flexibility index (Phi) is 3.29. The molecule has 1 unspecified atom stereocenters. The van der Waals surface area contributed by atoms with E-state index in [9.17, 15) is 9.90 Å². The number of nitrogens with one attached hydrogen (secondary N) is 1. The number of phenols is 1. The lowest BCUT2D eigenvalue weighted by atomic mass is 10.1. The molecule has 3 rings (SSSR count). The number of carboxylic acids is 1. The number of benzene rings is 2. The monoisotopic (exact) mass is 283 g/mol. The zero-order chi connectivity index (χ0) is 15.0. The van der Waals surface area contributed by atoms with Crippen molar-refractivity contribution in [2.75, 3.05) is 5.32 Å². The molecule has 21 heavy (non-hydrogen) atoms. The van der Waals surface area contributed by atoms with Crippen molar-refractivity contribution < 1.29 is 15.0 Å². The summed E-state index contributed by atoms with van der Waals surface area (Å²) in [6, 6.07) is 10.7. The Morgan fingerprint density at radius 3 is 2.81 bits per heavy atom. The predicted molar refractivity (Wildman–Crippen MR) is 80.9 cm³/mol. The van der Waals surface area contributed by atoms with Gasteiger partial charge in [-0.2, -0.15) is 0 Å². The van der Waals surface area contributed by atoms with Crippen LogP contribution < -0.4 is 5.32 Å². The van der Waals surface area contributed by atoms with Gasteiger partial charge in [0.1, 0.15) is 5.75 Å². The molecular formula is C17H17NO3. The van der Waals surface area contributed by atoms with Crippen LogP contribution in [0.5, 0.6) is 5.75 Å². The quantitative estimate of drug-likeness (QED) is 0.806. The van der Waals surface area contributed by atoms with Crippen LogP contribution in [0.4, 0.5) is 5.69 Å². The van der Waals surface area contributed by atoms with E-state index in [2.05, 4.69) is 5.32 Å². The van der Waals surface area contributed by atoms with Crippen LogP contribution in [0.2, 0.25) is 0 Å². The van der Waals surface area contributed by atoms with Crippen LogP contribution in [0.1, 0.15) is 39.5 Å². The number of hydrogen-bond acceptors (Lipinski definition) is 3. The van der Waals surface area contributed by atoms with Crippen LogP contribution in [-0.2, 0) is 6.42 Å². The van der Waals surface area contributed by atoms with E-state index in [1.807, 2.05) is 19.1 Å². The average Bonchev–Trinajstić information content (AvgIpc) is 2.83. The Bertz CT molecular complexity index is 709. The lowest BCUT2D eigenvalue weighted by Crippen LogP contribution is -2.09. The van der Waals surface area contributed by atoms with Gasteiger partial charge < -0.3 is 15.5 Å². The minimum absolute atomic E-state index is 0.156. The van der Waals surface area contributed by atoms with Gasteiger partial charge in [0.15, 0.2) is 0 Å². The molecule has 0 spiro atoms. The molecule has 1 aliphatic rings. The second kappa shape index (κ2) is 5.13. The number of aryl methyl sites for hydroxylation is 2. The number of rotatable bonds is 3. The molecule has 0 saturated carbocycles. The smallest absolute Gasteiger partial charge is 0.335 e. The maximum atomic E-state index is 11.1. The summed E-state index contributed by atoms with van der Waals surface area (Å²) < 4.78 is 0. The predicted octanol–water partition coefficient (Wildman–Crippen LogP) is 3.50. The van der Waals surface area contributed by atoms with Crippen molar-refractivity contribution in [3.05, 3.63) is 58.7 Å². The molecule has 4 heteroatoms. The lowest BCUT2D eigenvalue weighted by molar-refractivity contribution is 0.0697. The van der Waals surface area contributed by atoms with Gasteiger partial charge in [0.2, 0.25) is 0 Å². The Balaban J connectivity index is 1.89. The minimum Gasteiger partial charge on any atom is -0.508 e. The summed E-state index contributed by atoms with van der Waals surface area (Å²) >= 11 is 0. The number of fused-ring (bicyclic) bond motifs is 1. The number of aromatic carboxylic acids is 1. The van der Waals surface area contributed by atoms with Gasteiger partial charge in [-0.05, 0) is 60.7 Å². The van der Waals surface area contributed by atoms with Gasteiger partial charge in [0.25, 0.3) is 0 Å². The molecule has 0 heterocycles. The average molecular weight is 283 g/mol. The largest absolute Gasteiger partial charge is 0.508 e. The van der Waals surface area contributed by atoms with Crippen molar-refractivity contribution in [3.63, 3.8) is 0 Å². The molecule has 0 amide bonds. The Labute approximate surface area is 123 Å². The van der Waals surface area contributed by atoms with Crippen molar-refractivity contribution >= 4 is 11.7 Å². The zero-order valence-electron chi connectivity index (χ0n) is 11.8. The summed E-state index contributed by atoms with van der Waals surface area (Å²) in [6.07, 6.45) is 1.86. The molecule has 0 saturated heterocycles. The molecule has 1 atom stereocenters. The third kappa shape index (κ3) is 2.57. The van der Waals surface area contributed by atoms with Gasteiger partial charge in [-0.25, -0.2) is 4.79 Å². The summed E-state index contributed by atoms with van der Waals surface area (Å²) in [5.41, 5.74) is 4.48. The maximum absolute atomic E-state index is 11.1. The molecule has 4 nitrogen and oxygen atoms in total. The van der Waals surface area contributed by atoms with E-state index < -0.39 is 5.97 Å². The molecule has 0 bridgehead atoms. The Hall–Kier alpha value is -2.49. The first-order valence-corrected chi connectivity index (χ1v) is 6.97. The standard InChI is InChI=1S/C17H17NO3/c1-10-2-3-12(17(20)21)9-16(10)18-15-7-4-11-8-13(19)5-6-14(11)15/h2-3,5-6,8-9,15,18-19H,4,7H2,1H3,(H,20,21). The van der Waals surface area contributed by atoms with Crippen LogP contribution in [-0.4, -0.2) is 16.2 Å². The zero-order valence-corrected chi connectivity index (χ0v) is 11.8. The molecular weight excluding hydrogens is 266 g/mol. The van der Waals surface area contributed by atoms with Gasteiger partial charge in [-0.3, -0.25) is 0 Å². The van der Waals surface area contributed by atoms with Crippen molar-refractivity contribution in [2.45, 2.75) is 25.8 Å². The Morgan fingerprint density at radius 1 is 1.24 bits per heavy atom. The molecule has 1 aliphatic carbocycles. The summed E-state index contributed by atoms with van der Waals surface area (Å²) in [6.45, 7) is 1.96. The van der Waals surface area contributed by atoms with E-state index in [-0.39, 0.29) is 11.6 Å². The van der Waals surface area contributed by atoms with E-state index in [0.29, 0.717) is 5.75 Å². The second-order valence-electron chi connectivity index (χ2n) is 5.45. The van der Waals surface area contributed by atoms with Crippen LogP contribution in [0, 0.1) is 6.92 Å². The van der Waals surface area contributed by atoms with E-state index in [1.165, 1.54) is 5.56 Å². The molecule has 2 aromatic rings. The molecule has 108 valence electrons. The summed E-state index contributed by atoms with van der Waals surface area (Å²) in [5, 5.41) is 22.1. The minimum atomic E-state index is -0.921. The number of aromatic hydroxyl groups is 1. The van der Waals surface area contributed by atoms with E-state index >= 15 is 0 Å². The fourth-order valence-corrected chi connectivity index (χ4v) is 2.85. The van der Waals surface area contributed by atoms with Crippen LogP contribution in [0.15, 0.2) is 36.4 Å². The van der Waals surface area contributed by atoms with Crippen LogP contribution in [0.3, 0.4) is 0 Å². The first kappa shape index (κ1) is 13.5. The SMILES string of the molecule is Cc1ccc(C(=O)O)cc1NC1CCc2cc(O)ccc21. The molecule has 0 aliphatic heterocycles. The van der Waals surface area contributed by atoms with E-state index in [1.54, 1.807) is 24.3 Å². The number of phenolic OH excluding ortho intramolecular Hbond substituents is 1. The third-order valence-electron chi connectivity index (χ3n) is 4.02. The van der Waals surface area contributed by atoms with Crippen molar-refractivity contribution in [3.8, 4) is 5.75 Å². The van der Waals surface area contributed by atoms with Gasteiger partial charge >= 0.3 is 5.97 Å². The first-order chi connectivity index (χ1) is 10.0. The normalized spacial score (nSPS) is 16.5.